The lowest BCUT2D eigenvalue weighted by atomic mass is 10.1. The molecule has 0 amide bonds. The first-order valence-corrected chi connectivity index (χ1v) is 10.6. The average molecular weight is 429 g/mol. The second-order valence-electron chi connectivity index (χ2n) is 6.11. The summed E-state index contributed by atoms with van der Waals surface area (Å²) in [5, 5.41) is 5.87. The third kappa shape index (κ3) is 6.97. The van der Waals surface area contributed by atoms with Crippen molar-refractivity contribution in [3.8, 4) is 5.75 Å². The van der Waals surface area contributed by atoms with Crippen molar-refractivity contribution in [1.82, 2.24) is 10.6 Å². The molecular formula is C19H22F3N3O3S. The van der Waals surface area contributed by atoms with Gasteiger partial charge < -0.3 is 15.4 Å². The Kier molecular flexibility index (Phi) is 7.89. The van der Waals surface area contributed by atoms with E-state index in [0.717, 1.165) is 17.9 Å². The smallest absolute Gasteiger partial charge is 0.387 e. The number of sulfone groups is 1. The van der Waals surface area contributed by atoms with Crippen molar-refractivity contribution >= 4 is 15.8 Å². The number of alkyl halides is 2. The van der Waals surface area contributed by atoms with Gasteiger partial charge in [-0.25, -0.2) is 12.8 Å². The minimum absolute atomic E-state index is 0.0351. The van der Waals surface area contributed by atoms with E-state index >= 15 is 0 Å². The molecule has 2 rings (SSSR count). The largest absolute Gasteiger partial charge is 0.434 e. The molecular weight excluding hydrogens is 407 g/mol. The monoisotopic (exact) mass is 429 g/mol. The number of guanidine groups is 1. The van der Waals surface area contributed by atoms with Gasteiger partial charge in [0.15, 0.2) is 15.8 Å². The molecule has 29 heavy (non-hydrogen) atoms. The highest BCUT2D eigenvalue weighted by atomic mass is 32.2. The summed E-state index contributed by atoms with van der Waals surface area (Å²) in [7, 11) is -1.72. The molecule has 2 aromatic carbocycles. The van der Waals surface area contributed by atoms with Crippen molar-refractivity contribution in [3.05, 3.63) is 59.4 Å². The van der Waals surface area contributed by atoms with Gasteiger partial charge in [0.05, 0.1) is 4.90 Å². The van der Waals surface area contributed by atoms with Crippen molar-refractivity contribution in [2.75, 3.05) is 19.8 Å². The molecule has 0 fully saturated rings. The van der Waals surface area contributed by atoms with Gasteiger partial charge >= 0.3 is 6.61 Å². The van der Waals surface area contributed by atoms with Gasteiger partial charge in [0.1, 0.15) is 11.6 Å². The molecule has 10 heteroatoms. The number of hydrogen-bond donors (Lipinski definition) is 2. The number of hydrogen-bond acceptors (Lipinski definition) is 4. The molecule has 0 radical (unpaired) electrons. The Balaban J connectivity index is 1.91. The fourth-order valence-electron chi connectivity index (χ4n) is 2.54. The van der Waals surface area contributed by atoms with Crippen molar-refractivity contribution in [2.24, 2.45) is 4.99 Å². The summed E-state index contributed by atoms with van der Waals surface area (Å²) in [4.78, 5) is 4.25. The van der Waals surface area contributed by atoms with Crippen molar-refractivity contribution < 1.29 is 26.3 Å². The van der Waals surface area contributed by atoms with E-state index in [4.69, 9.17) is 0 Å². The summed E-state index contributed by atoms with van der Waals surface area (Å²) >= 11 is 0. The first-order chi connectivity index (χ1) is 13.7. The third-order valence-electron chi connectivity index (χ3n) is 4.01. The fraction of sp³-hybridized carbons (Fsp3) is 0.316. The van der Waals surface area contributed by atoms with E-state index in [1.165, 1.54) is 19.2 Å². The van der Waals surface area contributed by atoms with Crippen LogP contribution in [0.25, 0.3) is 0 Å². The lowest BCUT2D eigenvalue weighted by Crippen LogP contribution is -2.38. The molecule has 0 atom stereocenters. The molecule has 2 aromatic rings. The third-order valence-corrected chi connectivity index (χ3v) is 5.13. The summed E-state index contributed by atoms with van der Waals surface area (Å²) < 4.78 is 66.2. The van der Waals surface area contributed by atoms with Gasteiger partial charge in [0.25, 0.3) is 0 Å². The van der Waals surface area contributed by atoms with Crippen LogP contribution in [0.4, 0.5) is 13.2 Å². The van der Waals surface area contributed by atoms with Gasteiger partial charge in [-0.15, -0.1) is 0 Å². The predicted molar refractivity (Wildman–Crippen MR) is 104 cm³/mol. The summed E-state index contributed by atoms with van der Waals surface area (Å²) in [6.45, 7) is -2.69. The van der Waals surface area contributed by atoms with Crippen LogP contribution in [-0.2, 0) is 22.8 Å². The van der Waals surface area contributed by atoms with Crippen LogP contribution in [0.1, 0.15) is 11.1 Å². The van der Waals surface area contributed by atoms with Gasteiger partial charge in [0.2, 0.25) is 0 Å². The van der Waals surface area contributed by atoms with Crippen LogP contribution in [0.5, 0.6) is 5.75 Å². The quantitative estimate of drug-likeness (QED) is 0.498. The van der Waals surface area contributed by atoms with Crippen LogP contribution in [0.2, 0.25) is 0 Å². The van der Waals surface area contributed by atoms with Crippen molar-refractivity contribution in [1.29, 1.82) is 0 Å². The molecule has 0 aromatic heterocycles. The van der Waals surface area contributed by atoms with E-state index in [-0.39, 0.29) is 22.8 Å². The average Bonchev–Trinajstić information content (AvgIpc) is 2.65. The first kappa shape index (κ1) is 22.5. The van der Waals surface area contributed by atoms with Crippen molar-refractivity contribution in [3.63, 3.8) is 0 Å². The predicted octanol–water partition coefficient (Wildman–Crippen LogP) is 2.74. The second-order valence-corrected chi connectivity index (χ2v) is 8.13. The lowest BCUT2D eigenvalue weighted by Gasteiger charge is -2.15. The van der Waals surface area contributed by atoms with Crippen molar-refractivity contribution in [2.45, 2.75) is 24.5 Å². The molecule has 0 heterocycles. The van der Waals surface area contributed by atoms with Crippen LogP contribution >= 0.6 is 0 Å². The van der Waals surface area contributed by atoms with Gasteiger partial charge in [-0.2, -0.15) is 8.78 Å². The standard InChI is InChI=1S/C19H22F3N3O3S/c1-23-19(24-11-10-13-6-8-14(9-7-13)29(2,26)27)25-12-15-16(20)4-3-5-17(15)28-18(21)22/h3-9,18H,10-12H2,1-2H3,(H2,23,24,25). The molecule has 6 nitrogen and oxygen atoms in total. The Labute approximate surface area is 167 Å². The summed E-state index contributed by atoms with van der Waals surface area (Å²) in [6, 6.07) is 10.2. The van der Waals surface area contributed by atoms with E-state index in [2.05, 4.69) is 20.4 Å². The molecule has 0 spiro atoms. The van der Waals surface area contributed by atoms with Gasteiger partial charge in [-0.1, -0.05) is 18.2 Å². The number of benzene rings is 2. The molecule has 0 aliphatic carbocycles. The van der Waals surface area contributed by atoms with E-state index in [1.807, 2.05) is 0 Å². The van der Waals surface area contributed by atoms with Gasteiger partial charge in [-0.3, -0.25) is 4.99 Å². The van der Waals surface area contributed by atoms with Gasteiger partial charge in [0, 0.05) is 32.0 Å². The SMILES string of the molecule is CN=C(NCCc1ccc(S(C)(=O)=O)cc1)NCc1c(F)cccc1OC(F)F. The highest BCUT2D eigenvalue weighted by Gasteiger charge is 2.14. The maximum absolute atomic E-state index is 14.0. The lowest BCUT2D eigenvalue weighted by molar-refractivity contribution is -0.0506. The Morgan fingerprint density at radius 2 is 1.83 bits per heavy atom. The van der Waals surface area contributed by atoms with Crippen LogP contribution < -0.4 is 15.4 Å². The molecule has 0 unspecified atom stereocenters. The highest BCUT2D eigenvalue weighted by molar-refractivity contribution is 7.90. The zero-order valence-electron chi connectivity index (χ0n) is 16.0. The summed E-state index contributed by atoms with van der Waals surface area (Å²) in [6.07, 6.45) is 1.73. The number of halogens is 3. The van der Waals surface area contributed by atoms with Crippen LogP contribution in [0.3, 0.4) is 0 Å². The minimum atomic E-state index is -3.24. The number of nitrogens with zero attached hydrogens (tertiary/aromatic N) is 1. The van der Waals surface area contributed by atoms with E-state index in [0.29, 0.717) is 18.9 Å². The highest BCUT2D eigenvalue weighted by Crippen LogP contribution is 2.23. The zero-order chi connectivity index (χ0) is 21.4. The summed E-state index contributed by atoms with van der Waals surface area (Å²) in [5.41, 5.74) is 0.884. The number of rotatable bonds is 8. The number of aliphatic imine (C=N–C) groups is 1. The molecule has 0 saturated heterocycles. The Morgan fingerprint density at radius 1 is 1.14 bits per heavy atom. The van der Waals surface area contributed by atoms with Gasteiger partial charge in [-0.05, 0) is 36.2 Å². The zero-order valence-corrected chi connectivity index (χ0v) is 16.8. The number of nitrogens with one attached hydrogen (secondary N) is 2. The molecule has 0 bridgehead atoms. The van der Waals surface area contributed by atoms with Crippen LogP contribution in [-0.4, -0.2) is 40.8 Å². The van der Waals surface area contributed by atoms with Crippen LogP contribution in [0, 0.1) is 5.82 Å². The minimum Gasteiger partial charge on any atom is -0.434 e. The van der Waals surface area contributed by atoms with Crippen LogP contribution in [0.15, 0.2) is 52.4 Å². The normalized spacial score (nSPS) is 12.1. The topological polar surface area (TPSA) is 79.8 Å². The van der Waals surface area contributed by atoms with E-state index in [1.54, 1.807) is 24.3 Å². The fourth-order valence-corrected chi connectivity index (χ4v) is 3.17. The van der Waals surface area contributed by atoms with E-state index < -0.39 is 22.3 Å². The molecule has 0 saturated carbocycles. The molecule has 0 aliphatic heterocycles. The summed E-state index contributed by atoms with van der Waals surface area (Å²) in [5.74, 6) is -0.560. The first-order valence-electron chi connectivity index (χ1n) is 8.66. The Bertz CT molecular complexity index is 949. The molecule has 0 aliphatic rings. The second kappa shape index (κ2) is 10.1. The maximum atomic E-state index is 14.0. The number of ether oxygens (including phenoxy) is 1. The molecule has 2 N–H and O–H groups in total. The maximum Gasteiger partial charge on any atom is 0.387 e. The Morgan fingerprint density at radius 3 is 2.41 bits per heavy atom. The Hall–Kier alpha value is -2.75. The van der Waals surface area contributed by atoms with E-state index in [9.17, 15) is 21.6 Å². The molecule has 158 valence electrons.